The summed E-state index contributed by atoms with van der Waals surface area (Å²) in [7, 11) is 0. The van der Waals surface area contributed by atoms with Gasteiger partial charge in [0.15, 0.2) is 0 Å². The van der Waals surface area contributed by atoms with Crippen molar-refractivity contribution >= 4 is 40.1 Å². The lowest BCUT2D eigenvalue weighted by molar-refractivity contribution is 0.0930. The molecule has 0 bridgehead atoms. The largest absolute Gasteiger partial charge is 0.379 e. The van der Waals surface area contributed by atoms with Crippen molar-refractivity contribution in [3.8, 4) is 0 Å². The molecule has 16 heavy (non-hydrogen) atoms. The van der Waals surface area contributed by atoms with Crippen LogP contribution in [0, 0.1) is 3.57 Å². The normalized spacial score (nSPS) is 19.8. The third-order valence-corrected chi connectivity index (χ3v) is 4.02. The Bertz CT molecular complexity index is 405. The van der Waals surface area contributed by atoms with Gasteiger partial charge in [0.25, 0.3) is 5.91 Å². The van der Waals surface area contributed by atoms with Crippen molar-refractivity contribution in [3.05, 3.63) is 32.4 Å². The van der Waals surface area contributed by atoms with Gasteiger partial charge in [-0.25, -0.2) is 0 Å². The molecule has 1 aliphatic rings. The smallest absolute Gasteiger partial charge is 0.251 e. The molecule has 1 aliphatic heterocycles. The van der Waals surface area contributed by atoms with Gasteiger partial charge >= 0.3 is 0 Å². The van der Waals surface area contributed by atoms with E-state index in [0.717, 1.165) is 16.6 Å². The predicted molar refractivity (Wildman–Crippen MR) is 70.9 cm³/mol. The highest BCUT2D eigenvalue weighted by molar-refractivity contribution is 14.1. The Morgan fingerprint density at radius 1 is 1.56 bits per heavy atom. The molecule has 5 heteroatoms. The minimum absolute atomic E-state index is 0.0891. The maximum Gasteiger partial charge on any atom is 0.251 e. The van der Waals surface area contributed by atoms with Gasteiger partial charge in [0.05, 0.1) is 17.7 Å². The Morgan fingerprint density at radius 2 is 2.38 bits per heavy atom. The van der Waals surface area contributed by atoms with Crippen molar-refractivity contribution in [2.24, 2.45) is 0 Å². The molecular weight excluding hydrogens is 340 g/mol. The molecule has 1 aromatic carbocycles. The highest BCUT2D eigenvalue weighted by Gasteiger charge is 2.18. The van der Waals surface area contributed by atoms with E-state index in [1.165, 1.54) is 0 Å². The van der Waals surface area contributed by atoms with Gasteiger partial charge in [-0.2, -0.15) is 0 Å². The Labute approximate surface area is 113 Å². The van der Waals surface area contributed by atoms with Crippen LogP contribution in [-0.4, -0.2) is 25.2 Å². The van der Waals surface area contributed by atoms with Crippen molar-refractivity contribution in [1.82, 2.24) is 5.32 Å². The summed E-state index contributed by atoms with van der Waals surface area (Å²) in [6.45, 7) is 1.32. The van der Waals surface area contributed by atoms with Crippen LogP contribution in [0.2, 0.25) is 5.02 Å². The van der Waals surface area contributed by atoms with Gasteiger partial charge in [-0.05, 0) is 47.2 Å². The summed E-state index contributed by atoms with van der Waals surface area (Å²) in [5, 5.41) is 3.52. The fourth-order valence-corrected chi connectivity index (χ4v) is 2.07. The minimum atomic E-state index is -0.0891. The molecule has 1 heterocycles. The Balaban J connectivity index is 2.05. The van der Waals surface area contributed by atoms with Crippen LogP contribution in [0.25, 0.3) is 0 Å². The van der Waals surface area contributed by atoms with E-state index >= 15 is 0 Å². The number of rotatable bonds is 2. The third-order valence-electron chi connectivity index (χ3n) is 2.45. The van der Waals surface area contributed by atoms with Crippen molar-refractivity contribution < 1.29 is 9.53 Å². The topological polar surface area (TPSA) is 38.3 Å². The van der Waals surface area contributed by atoms with Crippen LogP contribution in [0.15, 0.2) is 18.2 Å². The molecule has 1 fully saturated rings. The zero-order valence-corrected chi connectivity index (χ0v) is 11.4. The predicted octanol–water partition coefficient (Wildman–Crippen LogP) is 2.46. The highest BCUT2D eigenvalue weighted by atomic mass is 127. The number of hydrogen-bond donors (Lipinski definition) is 1. The minimum Gasteiger partial charge on any atom is -0.379 e. The maximum absolute atomic E-state index is 11.8. The van der Waals surface area contributed by atoms with Crippen LogP contribution in [0.3, 0.4) is 0 Å². The number of carbonyl (C=O) groups is 1. The Kier molecular flexibility index (Phi) is 4.05. The van der Waals surface area contributed by atoms with Gasteiger partial charge in [-0.15, -0.1) is 0 Å². The van der Waals surface area contributed by atoms with Gasteiger partial charge in [0, 0.05) is 15.7 Å². The fraction of sp³-hybridized carbons (Fsp3) is 0.364. The van der Waals surface area contributed by atoms with Crippen molar-refractivity contribution in [2.75, 3.05) is 13.2 Å². The van der Waals surface area contributed by atoms with Crippen molar-refractivity contribution in [1.29, 1.82) is 0 Å². The average molecular weight is 352 g/mol. The van der Waals surface area contributed by atoms with Crippen LogP contribution in [0.4, 0.5) is 0 Å². The monoisotopic (exact) mass is 351 g/mol. The van der Waals surface area contributed by atoms with Crippen molar-refractivity contribution in [3.63, 3.8) is 0 Å². The fourth-order valence-electron chi connectivity index (χ4n) is 1.55. The molecule has 0 aliphatic carbocycles. The quantitative estimate of drug-likeness (QED) is 0.831. The molecule has 0 aromatic heterocycles. The summed E-state index contributed by atoms with van der Waals surface area (Å²) in [5.41, 5.74) is 0.595. The van der Waals surface area contributed by atoms with E-state index in [0.29, 0.717) is 17.2 Å². The summed E-state index contributed by atoms with van der Waals surface area (Å²) >= 11 is 8.09. The number of carbonyl (C=O) groups excluding carboxylic acids is 1. The van der Waals surface area contributed by atoms with Crippen LogP contribution < -0.4 is 5.32 Å². The molecule has 0 spiro atoms. The second-order valence-corrected chi connectivity index (χ2v) is 5.23. The molecule has 0 radical (unpaired) electrons. The number of amides is 1. The third kappa shape index (κ3) is 2.87. The first-order valence-corrected chi connectivity index (χ1v) is 6.46. The molecule has 1 N–H and O–H groups in total. The molecule has 1 saturated heterocycles. The SMILES string of the molecule is O=C(NC1CCOC1)c1ccc(I)c(Cl)c1. The van der Waals surface area contributed by atoms with E-state index in [1.807, 2.05) is 6.07 Å². The number of halogens is 2. The lowest BCUT2D eigenvalue weighted by Crippen LogP contribution is -2.34. The van der Waals surface area contributed by atoms with Gasteiger partial charge in [0.1, 0.15) is 0 Å². The van der Waals surface area contributed by atoms with Crippen LogP contribution in [0.5, 0.6) is 0 Å². The summed E-state index contributed by atoms with van der Waals surface area (Å²) in [6, 6.07) is 5.43. The molecule has 2 rings (SSSR count). The standard InChI is InChI=1S/C11H11ClINO2/c12-9-5-7(1-2-10(9)13)11(15)14-8-3-4-16-6-8/h1-2,5,8H,3-4,6H2,(H,14,15). The molecule has 86 valence electrons. The zero-order chi connectivity index (χ0) is 11.5. The van der Waals surface area contributed by atoms with E-state index in [1.54, 1.807) is 12.1 Å². The molecule has 3 nitrogen and oxygen atoms in total. The first kappa shape index (κ1) is 12.1. The average Bonchev–Trinajstić information content (AvgIpc) is 2.74. The van der Waals surface area contributed by atoms with Gasteiger partial charge in [-0.3, -0.25) is 4.79 Å². The van der Waals surface area contributed by atoms with Crippen LogP contribution >= 0.6 is 34.2 Å². The molecule has 0 saturated carbocycles. The lowest BCUT2D eigenvalue weighted by atomic mass is 10.2. The number of hydrogen-bond acceptors (Lipinski definition) is 2. The van der Waals surface area contributed by atoms with Crippen LogP contribution in [-0.2, 0) is 4.74 Å². The van der Waals surface area contributed by atoms with E-state index in [9.17, 15) is 4.79 Å². The van der Waals surface area contributed by atoms with Gasteiger partial charge in [0.2, 0.25) is 0 Å². The van der Waals surface area contributed by atoms with E-state index in [-0.39, 0.29) is 11.9 Å². The molecule has 1 amide bonds. The Morgan fingerprint density at radius 3 is 3.00 bits per heavy atom. The van der Waals surface area contributed by atoms with Crippen molar-refractivity contribution in [2.45, 2.75) is 12.5 Å². The molecule has 1 unspecified atom stereocenters. The zero-order valence-electron chi connectivity index (χ0n) is 8.50. The lowest BCUT2D eigenvalue weighted by Gasteiger charge is -2.10. The maximum atomic E-state index is 11.8. The van der Waals surface area contributed by atoms with E-state index in [2.05, 4.69) is 27.9 Å². The van der Waals surface area contributed by atoms with Gasteiger partial charge in [-0.1, -0.05) is 11.6 Å². The van der Waals surface area contributed by atoms with Crippen LogP contribution in [0.1, 0.15) is 16.8 Å². The number of benzene rings is 1. The Hall–Kier alpha value is -0.330. The molecule has 1 aromatic rings. The molecule has 1 atom stereocenters. The first-order chi connectivity index (χ1) is 7.66. The summed E-state index contributed by atoms with van der Waals surface area (Å²) in [4.78, 5) is 11.8. The highest BCUT2D eigenvalue weighted by Crippen LogP contribution is 2.19. The second kappa shape index (κ2) is 5.33. The number of nitrogens with one attached hydrogen (secondary N) is 1. The summed E-state index contributed by atoms with van der Waals surface area (Å²) in [6.07, 6.45) is 0.879. The van der Waals surface area contributed by atoms with Gasteiger partial charge < -0.3 is 10.1 Å². The first-order valence-electron chi connectivity index (χ1n) is 5.00. The number of ether oxygens (including phenoxy) is 1. The summed E-state index contributed by atoms with van der Waals surface area (Å²) < 4.78 is 6.14. The van der Waals surface area contributed by atoms with E-state index in [4.69, 9.17) is 16.3 Å². The second-order valence-electron chi connectivity index (χ2n) is 3.66. The molecular formula is C11H11ClINO2. The summed E-state index contributed by atoms with van der Waals surface area (Å²) in [5.74, 6) is -0.0891. The van der Waals surface area contributed by atoms with E-state index < -0.39 is 0 Å².